The molecule has 9 heteroatoms. The Hall–Kier alpha value is -2.43. The zero-order valence-corrected chi connectivity index (χ0v) is 12.1. The molecule has 21 heavy (non-hydrogen) atoms. The highest BCUT2D eigenvalue weighted by Crippen LogP contribution is 2.31. The van der Waals surface area contributed by atoms with E-state index in [4.69, 9.17) is 28.5 Å². The molecule has 0 aliphatic heterocycles. The second-order valence-corrected chi connectivity index (χ2v) is 4.73. The minimum absolute atomic E-state index is 0.101. The number of hydrogen-bond acceptors (Lipinski definition) is 6. The first-order chi connectivity index (χ1) is 9.92. The summed E-state index contributed by atoms with van der Waals surface area (Å²) >= 11 is 11.6. The number of nitro groups is 1. The van der Waals surface area contributed by atoms with Gasteiger partial charge in [-0.25, -0.2) is 4.98 Å². The van der Waals surface area contributed by atoms with Crippen molar-refractivity contribution in [3.8, 4) is 6.07 Å². The molecule has 7 nitrogen and oxygen atoms in total. The van der Waals surface area contributed by atoms with Crippen LogP contribution in [0.5, 0.6) is 0 Å². The smallest absolute Gasteiger partial charge is 0.332 e. The van der Waals surface area contributed by atoms with Crippen LogP contribution in [0, 0.1) is 28.4 Å². The maximum absolute atomic E-state index is 11.1. The summed E-state index contributed by atoms with van der Waals surface area (Å²) in [6, 6.07) is 6.45. The van der Waals surface area contributed by atoms with Crippen LogP contribution < -0.4 is 5.32 Å². The van der Waals surface area contributed by atoms with Crippen molar-refractivity contribution in [1.29, 1.82) is 5.26 Å². The van der Waals surface area contributed by atoms with Gasteiger partial charge in [0.05, 0.1) is 16.2 Å². The van der Waals surface area contributed by atoms with Crippen LogP contribution in [-0.2, 0) is 0 Å². The van der Waals surface area contributed by atoms with Crippen molar-refractivity contribution in [3.05, 3.63) is 49.9 Å². The van der Waals surface area contributed by atoms with E-state index in [1.807, 2.05) is 6.07 Å². The number of nitrogens with one attached hydrogen (secondary N) is 1. The Balaban J connectivity index is 2.57. The summed E-state index contributed by atoms with van der Waals surface area (Å²) in [6.45, 7) is 1.44. The fourth-order valence-corrected chi connectivity index (χ4v) is 2.07. The second kappa shape index (κ2) is 5.91. The van der Waals surface area contributed by atoms with Gasteiger partial charge in [-0.1, -0.05) is 11.6 Å². The molecule has 0 amide bonds. The minimum atomic E-state index is -0.620. The van der Waals surface area contributed by atoms with Gasteiger partial charge in [0.25, 0.3) is 0 Å². The number of nitrogens with zero attached hydrogens (tertiary/aromatic N) is 4. The van der Waals surface area contributed by atoms with E-state index in [2.05, 4.69) is 15.3 Å². The van der Waals surface area contributed by atoms with Crippen molar-refractivity contribution in [2.24, 2.45) is 0 Å². The Morgan fingerprint density at radius 3 is 2.71 bits per heavy atom. The molecule has 0 unspecified atom stereocenters. The lowest BCUT2D eigenvalue weighted by Gasteiger charge is -2.09. The van der Waals surface area contributed by atoms with E-state index in [1.165, 1.54) is 25.1 Å². The zero-order valence-electron chi connectivity index (χ0n) is 10.6. The number of benzene rings is 1. The topological polar surface area (TPSA) is 105 Å². The number of aromatic nitrogens is 2. The summed E-state index contributed by atoms with van der Waals surface area (Å²) in [7, 11) is 0. The lowest BCUT2D eigenvalue weighted by atomic mass is 10.2. The normalized spacial score (nSPS) is 10.0. The van der Waals surface area contributed by atoms with Gasteiger partial charge in [0, 0.05) is 5.02 Å². The van der Waals surface area contributed by atoms with E-state index >= 15 is 0 Å². The first kappa shape index (κ1) is 15.0. The van der Waals surface area contributed by atoms with E-state index in [0.717, 1.165) is 0 Å². The molecule has 0 aliphatic carbocycles. The van der Waals surface area contributed by atoms with E-state index in [9.17, 15) is 10.1 Å². The van der Waals surface area contributed by atoms with Gasteiger partial charge < -0.3 is 5.32 Å². The molecular formula is C12H7Cl2N5O2. The Kier molecular flexibility index (Phi) is 4.21. The van der Waals surface area contributed by atoms with Crippen molar-refractivity contribution in [2.75, 3.05) is 5.32 Å². The van der Waals surface area contributed by atoms with Gasteiger partial charge in [-0.3, -0.25) is 10.1 Å². The van der Waals surface area contributed by atoms with Gasteiger partial charge in [-0.05, 0) is 36.7 Å². The van der Waals surface area contributed by atoms with Crippen LogP contribution in [0.4, 0.5) is 17.2 Å². The highest BCUT2D eigenvalue weighted by molar-refractivity contribution is 6.31. The predicted molar refractivity (Wildman–Crippen MR) is 77.9 cm³/mol. The van der Waals surface area contributed by atoms with Crippen LogP contribution in [0.3, 0.4) is 0 Å². The molecule has 0 bridgehead atoms. The summed E-state index contributed by atoms with van der Waals surface area (Å²) in [5, 5.41) is 23.1. The Labute approximate surface area is 129 Å². The monoisotopic (exact) mass is 323 g/mol. The number of rotatable bonds is 3. The fraction of sp³-hybridized carbons (Fsp3) is 0.0833. The molecule has 0 spiro atoms. The number of aryl methyl sites for hydroxylation is 1. The van der Waals surface area contributed by atoms with Gasteiger partial charge in [0.2, 0.25) is 11.1 Å². The molecule has 1 N–H and O–H groups in total. The number of anilines is 2. The molecule has 1 heterocycles. The van der Waals surface area contributed by atoms with E-state index < -0.39 is 4.92 Å². The average molecular weight is 324 g/mol. The van der Waals surface area contributed by atoms with Crippen LogP contribution in [-0.4, -0.2) is 14.9 Å². The Bertz CT molecular complexity index is 773. The molecule has 0 saturated heterocycles. The van der Waals surface area contributed by atoms with E-state index in [0.29, 0.717) is 10.7 Å². The van der Waals surface area contributed by atoms with Crippen LogP contribution in [0.2, 0.25) is 10.3 Å². The molecule has 1 aromatic carbocycles. The van der Waals surface area contributed by atoms with Crippen LogP contribution in [0.1, 0.15) is 11.3 Å². The first-order valence-corrected chi connectivity index (χ1v) is 6.33. The van der Waals surface area contributed by atoms with Crippen molar-refractivity contribution >= 4 is 40.4 Å². The summed E-state index contributed by atoms with van der Waals surface area (Å²) in [6.07, 6.45) is 0. The van der Waals surface area contributed by atoms with Crippen molar-refractivity contribution in [3.63, 3.8) is 0 Å². The molecule has 1 aromatic heterocycles. The fourth-order valence-electron chi connectivity index (χ4n) is 1.68. The Morgan fingerprint density at radius 2 is 2.10 bits per heavy atom. The lowest BCUT2D eigenvalue weighted by Crippen LogP contribution is -2.05. The largest absolute Gasteiger partial charge is 0.333 e. The highest BCUT2D eigenvalue weighted by atomic mass is 35.5. The van der Waals surface area contributed by atoms with Crippen molar-refractivity contribution in [2.45, 2.75) is 6.92 Å². The molecule has 0 fully saturated rings. The summed E-state index contributed by atoms with van der Waals surface area (Å²) in [5.41, 5.74) is 0.356. The quantitative estimate of drug-likeness (QED) is 0.525. The standard InChI is InChI=1S/C12H7Cl2N5O2/c1-6-10(19(20)21)11(18-12(14)16-6)17-9-4-8(13)3-2-7(9)5-15/h2-4H,1H3,(H,16,17,18). The Morgan fingerprint density at radius 1 is 1.38 bits per heavy atom. The van der Waals surface area contributed by atoms with Crippen molar-refractivity contribution < 1.29 is 4.92 Å². The van der Waals surface area contributed by atoms with Crippen molar-refractivity contribution in [1.82, 2.24) is 9.97 Å². The van der Waals surface area contributed by atoms with Gasteiger partial charge in [-0.2, -0.15) is 10.2 Å². The molecule has 0 saturated carbocycles. The SMILES string of the molecule is Cc1nc(Cl)nc(Nc2cc(Cl)ccc2C#N)c1[N+](=O)[O-]. The second-order valence-electron chi connectivity index (χ2n) is 3.96. The maximum atomic E-state index is 11.1. The molecule has 0 atom stereocenters. The number of halogens is 2. The summed E-state index contributed by atoms with van der Waals surface area (Å²) in [4.78, 5) is 18.0. The zero-order chi connectivity index (χ0) is 15.6. The third-order valence-electron chi connectivity index (χ3n) is 2.57. The van der Waals surface area contributed by atoms with Gasteiger partial charge in [-0.15, -0.1) is 0 Å². The highest BCUT2D eigenvalue weighted by Gasteiger charge is 2.22. The summed E-state index contributed by atoms with van der Waals surface area (Å²) < 4.78 is 0. The summed E-state index contributed by atoms with van der Waals surface area (Å²) in [5.74, 6) is -0.101. The molecule has 0 radical (unpaired) electrons. The molecular weight excluding hydrogens is 317 g/mol. The molecule has 2 aromatic rings. The predicted octanol–water partition coefficient (Wildman–Crippen LogP) is 3.62. The average Bonchev–Trinajstić information content (AvgIpc) is 2.37. The maximum Gasteiger partial charge on any atom is 0.332 e. The van der Waals surface area contributed by atoms with Crippen LogP contribution in [0.25, 0.3) is 0 Å². The van der Waals surface area contributed by atoms with Crippen LogP contribution >= 0.6 is 23.2 Å². The molecule has 0 aliphatic rings. The van der Waals surface area contributed by atoms with Gasteiger partial charge >= 0.3 is 5.69 Å². The number of nitriles is 1. The van der Waals surface area contributed by atoms with Crippen LogP contribution in [0.15, 0.2) is 18.2 Å². The third-order valence-corrected chi connectivity index (χ3v) is 2.97. The third kappa shape index (κ3) is 3.18. The van der Waals surface area contributed by atoms with E-state index in [-0.39, 0.29) is 28.0 Å². The van der Waals surface area contributed by atoms with E-state index in [1.54, 1.807) is 0 Å². The van der Waals surface area contributed by atoms with Gasteiger partial charge in [0.1, 0.15) is 11.8 Å². The number of hydrogen-bond donors (Lipinski definition) is 1. The minimum Gasteiger partial charge on any atom is -0.333 e. The first-order valence-electron chi connectivity index (χ1n) is 5.57. The molecule has 106 valence electrons. The van der Waals surface area contributed by atoms with Gasteiger partial charge in [0.15, 0.2) is 0 Å². The lowest BCUT2D eigenvalue weighted by molar-refractivity contribution is -0.385. The molecule has 2 rings (SSSR count).